The van der Waals surface area contributed by atoms with Crippen molar-refractivity contribution >= 4 is 5.91 Å². The SMILES string of the molecule is COc1ccccc1CN1CCC2(CC[C@@H](CNC(=O)c3ccoc3)O2)CC1. The van der Waals surface area contributed by atoms with Gasteiger partial charge in [0, 0.05) is 31.7 Å². The summed E-state index contributed by atoms with van der Waals surface area (Å²) < 4.78 is 16.8. The van der Waals surface area contributed by atoms with Gasteiger partial charge in [-0.25, -0.2) is 0 Å². The minimum Gasteiger partial charge on any atom is -0.496 e. The fourth-order valence-corrected chi connectivity index (χ4v) is 4.30. The average molecular weight is 384 g/mol. The number of benzene rings is 1. The van der Waals surface area contributed by atoms with E-state index in [1.165, 1.54) is 18.1 Å². The Balaban J connectivity index is 1.25. The van der Waals surface area contributed by atoms with Gasteiger partial charge in [0.25, 0.3) is 5.91 Å². The summed E-state index contributed by atoms with van der Waals surface area (Å²) in [6, 6.07) is 9.89. The summed E-state index contributed by atoms with van der Waals surface area (Å²) in [4.78, 5) is 14.5. The van der Waals surface area contributed by atoms with E-state index in [0.717, 1.165) is 51.1 Å². The number of rotatable bonds is 6. The highest BCUT2D eigenvalue weighted by atomic mass is 16.5. The van der Waals surface area contributed by atoms with Crippen molar-refractivity contribution in [1.82, 2.24) is 10.2 Å². The highest BCUT2D eigenvalue weighted by molar-refractivity contribution is 5.93. The number of hydrogen-bond acceptors (Lipinski definition) is 5. The van der Waals surface area contributed by atoms with Crippen molar-refractivity contribution in [2.45, 2.75) is 43.9 Å². The van der Waals surface area contributed by atoms with E-state index in [2.05, 4.69) is 22.3 Å². The van der Waals surface area contributed by atoms with E-state index < -0.39 is 0 Å². The molecule has 2 aromatic rings. The van der Waals surface area contributed by atoms with Gasteiger partial charge in [0.1, 0.15) is 12.0 Å². The van der Waals surface area contributed by atoms with Crippen LogP contribution in [0.2, 0.25) is 0 Å². The molecule has 0 unspecified atom stereocenters. The number of carbonyl (C=O) groups is 1. The molecule has 28 heavy (non-hydrogen) atoms. The van der Waals surface area contributed by atoms with Gasteiger partial charge in [0.2, 0.25) is 0 Å². The Kier molecular flexibility index (Phi) is 5.69. The van der Waals surface area contributed by atoms with E-state index in [1.54, 1.807) is 13.2 Å². The summed E-state index contributed by atoms with van der Waals surface area (Å²) >= 11 is 0. The third kappa shape index (κ3) is 4.23. The molecular formula is C22H28N2O4. The molecule has 1 aromatic carbocycles. The van der Waals surface area contributed by atoms with Crippen molar-refractivity contribution in [3.05, 3.63) is 54.0 Å². The first kappa shape index (κ1) is 19.0. The lowest BCUT2D eigenvalue weighted by Gasteiger charge is -2.39. The number of piperidine rings is 1. The summed E-state index contributed by atoms with van der Waals surface area (Å²) in [5.41, 5.74) is 1.76. The number of amides is 1. The molecule has 6 nitrogen and oxygen atoms in total. The summed E-state index contributed by atoms with van der Waals surface area (Å²) in [5, 5.41) is 2.95. The Morgan fingerprint density at radius 3 is 2.82 bits per heavy atom. The Morgan fingerprint density at radius 2 is 2.07 bits per heavy atom. The second-order valence-corrected chi connectivity index (χ2v) is 7.77. The Hall–Kier alpha value is -2.31. The van der Waals surface area contributed by atoms with Crippen molar-refractivity contribution in [3.63, 3.8) is 0 Å². The number of methoxy groups -OCH3 is 1. The fraction of sp³-hybridized carbons (Fsp3) is 0.500. The van der Waals surface area contributed by atoms with Gasteiger partial charge in [0.05, 0.1) is 30.6 Å². The summed E-state index contributed by atoms with van der Waals surface area (Å²) in [6.07, 6.45) is 7.21. The first-order valence-electron chi connectivity index (χ1n) is 10.00. The van der Waals surface area contributed by atoms with Gasteiger partial charge in [0.15, 0.2) is 0 Å². The third-order valence-electron chi connectivity index (χ3n) is 5.97. The number of nitrogens with one attached hydrogen (secondary N) is 1. The van der Waals surface area contributed by atoms with Gasteiger partial charge in [-0.05, 0) is 37.8 Å². The molecule has 2 saturated heterocycles. The zero-order valence-corrected chi connectivity index (χ0v) is 16.4. The Labute approximate surface area is 165 Å². The summed E-state index contributed by atoms with van der Waals surface area (Å²) in [6.45, 7) is 3.50. The number of ether oxygens (including phenoxy) is 2. The zero-order valence-electron chi connectivity index (χ0n) is 16.4. The van der Waals surface area contributed by atoms with Crippen LogP contribution in [0.4, 0.5) is 0 Å². The van der Waals surface area contributed by atoms with Crippen LogP contribution in [0.25, 0.3) is 0 Å². The van der Waals surface area contributed by atoms with Crippen LogP contribution >= 0.6 is 0 Å². The molecule has 1 amide bonds. The molecule has 2 fully saturated rings. The van der Waals surface area contributed by atoms with Crippen LogP contribution in [0.1, 0.15) is 41.6 Å². The van der Waals surface area contributed by atoms with E-state index in [1.807, 2.05) is 12.1 Å². The topological polar surface area (TPSA) is 63.9 Å². The maximum absolute atomic E-state index is 12.1. The average Bonchev–Trinajstić information content (AvgIpc) is 3.39. The van der Waals surface area contributed by atoms with Crippen molar-refractivity contribution in [3.8, 4) is 5.75 Å². The van der Waals surface area contributed by atoms with E-state index >= 15 is 0 Å². The molecule has 3 heterocycles. The normalized spacial score (nSPS) is 21.7. The van der Waals surface area contributed by atoms with Crippen LogP contribution < -0.4 is 10.1 Å². The molecule has 2 aliphatic rings. The molecule has 2 aliphatic heterocycles. The van der Waals surface area contributed by atoms with Crippen molar-refractivity contribution in [1.29, 1.82) is 0 Å². The molecule has 0 saturated carbocycles. The molecule has 1 aromatic heterocycles. The molecule has 6 heteroatoms. The minimum absolute atomic E-state index is 0.0255. The van der Waals surface area contributed by atoms with E-state index in [4.69, 9.17) is 13.9 Å². The lowest BCUT2D eigenvalue weighted by Crippen LogP contribution is -2.44. The van der Waals surface area contributed by atoms with Crippen LogP contribution in [0.3, 0.4) is 0 Å². The van der Waals surface area contributed by atoms with Crippen LogP contribution in [0, 0.1) is 0 Å². The predicted octanol–water partition coefficient (Wildman–Crippen LogP) is 3.23. The molecule has 150 valence electrons. The number of carbonyl (C=O) groups excluding carboxylic acids is 1. The Morgan fingerprint density at radius 1 is 1.25 bits per heavy atom. The quantitative estimate of drug-likeness (QED) is 0.828. The number of furan rings is 1. The lowest BCUT2D eigenvalue weighted by molar-refractivity contribution is -0.0765. The van der Waals surface area contributed by atoms with E-state index in [0.29, 0.717) is 12.1 Å². The second kappa shape index (κ2) is 8.37. The summed E-state index contributed by atoms with van der Waals surface area (Å²) in [5.74, 6) is 0.846. The molecule has 4 rings (SSSR count). The standard InChI is InChI=1S/C22H28N2O4/c1-26-20-5-3-2-4-17(20)15-24-11-9-22(10-12-24)8-6-19(28-22)14-23-21(25)18-7-13-27-16-18/h2-5,7,13,16,19H,6,8-12,14-15H2,1H3,(H,23,25)/t19-/m0/s1. The van der Waals surface area contributed by atoms with Gasteiger partial charge in [-0.2, -0.15) is 0 Å². The van der Waals surface area contributed by atoms with Crippen LogP contribution in [0.15, 0.2) is 47.3 Å². The molecule has 0 aliphatic carbocycles. The predicted molar refractivity (Wildman–Crippen MR) is 105 cm³/mol. The monoisotopic (exact) mass is 384 g/mol. The summed E-state index contributed by atoms with van der Waals surface area (Å²) in [7, 11) is 1.72. The Bertz CT molecular complexity index is 782. The number of likely N-dealkylation sites (tertiary alicyclic amines) is 1. The van der Waals surface area contributed by atoms with E-state index in [-0.39, 0.29) is 17.6 Å². The maximum atomic E-state index is 12.1. The second-order valence-electron chi connectivity index (χ2n) is 7.77. The van der Waals surface area contributed by atoms with Crippen molar-refractivity contribution in [2.75, 3.05) is 26.7 Å². The van der Waals surface area contributed by atoms with Crippen molar-refractivity contribution < 1.29 is 18.7 Å². The molecule has 0 bridgehead atoms. The first-order chi connectivity index (χ1) is 13.7. The van der Waals surface area contributed by atoms with Crippen LogP contribution in [-0.2, 0) is 11.3 Å². The van der Waals surface area contributed by atoms with Gasteiger partial charge in [-0.15, -0.1) is 0 Å². The number of para-hydroxylation sites is 1. The van der Waals surface area contributed by atoms with E-state index in [9.17, 15) is 4.79 Å². The van der Waals surface area contributed by atoms with Crippen LogP contribution in [0.5, 0.6) is 5.75 Å². The lowest BCUT2D eigenvalue weighted by atomic mass is 9.88. The van der Waals surface area contributed by atoms with Crippen LogP contribution in [-0.4, -0.2) is 49.3 Å². The largest absolute Gasteiger partial charge is 0.496 e. The number of hydrogen-bond donors (Lipinski definition) is 1. The minimum atomic E-state index is -0.107. The van der Waals surface area contributed by atoms with Gasteiger partial charge in [-0.1, -0.05) is 18.2 Å². The maximum Gasteiger partial charge on any atom is 0.254 e. The molecule has 1 atom stereocenters. The highest BCUT2D eigenvalue weighted by Crippen LogP contribution is 2.39. The fourth-order valence-electron chi connectivity index (χ4n) is 4.30. The highest BCUT2D eigenvalue weighted by Gasteiger charge is 2.42. The van der Waals surface area contributed by atoms with Gasteiger partial charge < -0.3 is 19.2 Å². The molecule has 1 spiro atoms. The first-order valence-corrected chi connectivity index (χ1v) is 10.00. The third-order valence-corrected chi connectivity index (χ3v) is 5.97. The van der Waals surface area contributed by atoms with Gasteiger partial charge in [-0.3, -0.25) is 9.69 Å². The molecular weight excluding hydrogens is 356 g/mol. The van der Waals surface area contributed by atoms with Crippen molar-refractivity contribution in [2.24, 2.45) is 0 Å². The van der Waals surface area contributed by atoms with Gasteiger partial charge >= 0.3 is 0 Å². The smallest absolute Gasteiger partial charge is 0.254 e. The zero-order chi connectivity index (χ0) is 19.4. The molecule has 0 radical (unpaired) electrons. The molecule has 1 N–H and O–H groups in total. The number of nitrogens with zero attached hydrogens (tertiary/aromatic N) is 1.